The van der Waals surface area contributed by atoms with E-state index in [2.05, 4.69) is 44.3 Å². The summed E-state index contributed by atoms with van der Waals surface area (Å²) in [6.07, 6.45) is 0. The highest BCUT2D eigenvalue weighted by atomic mass is 16.5. The van der Waals surface area contributed by atoms with Gasteiger partial charge in [-0.1, -0.05) is 32.9 Å². The molecule has 0 aliphatic heterocycles. The van der Waals surface area contributed by atoms with E-state index in [1.807, 2.05) is 6.92 Å². The van der Waals surface area contributed by atoms with Crippen molar-refractivity contribution in [2.24, 2.45) is 5.92 Å². The minimum absolute atomic E-state index is 0.477. The molecular weight excluding hydrogens is 210 g/mol. The van der Waals surface area contributed by atoms with E-state index in [-0.39, 0.29) is 0 Å². The monoisotopic (exact) mass is 233 g/mol. The lowest BCUT2D eigenvalue weighted by molar-refractivity contribution is 0.331. The van der Waals surface area contributed by atoms with Gasteiger partial charge in [-0.05, 0) is 36.9 Å². The van der Waals surface area contributed by atoms with Crippen molar-refractivity contribution in [3.63, 3.8) is 0 Å². The fraction of sp³-hybridized carbons (Fsp3) is 0.600. The smallest absolute Gasteiger partial charge is 0.123 e. The highest BCUT2D eigenvalue weighted by molar-refractivity contribution is 5.48. The van der Waals surface area contributed by atoms with Crippen LogP contribution in [0.1, 0.15) is 50.8 Å². The van der Waals surface area contributed by atoms with Gasteiger partial charge >= 0.3 is 0 Å². The van der Waals surface area contributed by atoms with Crippen molar-refractivity contribution >= 4 is 0 Å². The van der Waals surface area contributed by atoms with Gasteiger partial charge in [0.1, 0.15) is 5.75 Å². The molecule has 1 aliphatic rings. The Hall–Kier alpha value is -1.02. The molecule has 0 amide bonds. The Kier molecular flexibility index (Phi) is 3.72. The highest BCUT2D eigenvalue weighted by Gasteiger charge is 2.36. The maximum absolute atomic E-state index is 5.77. The largest absolute Gasteiger partial charge is 0.494 e. The molecule has 0 saturated heterocycles. The molecule has 3 unspecified atom stereocenters. The molecule has 0 radical (unpaired) electrons. The SMILES string of the molecule is CCNC1c2cccc(OCC)c2C(C)C1C. The van der Waals surface area contributed by atoms with E-state index in [0.29, 0.717) is 17.9 Å². The molecule has 1 aromatic carbocycles. The van der Waals surface area contributed by atoms with Crippen molar-refractivity contribution in [2.75, 3.05) is 13.2 Å². The summed E-state index contributed by atoms with van der Waals surface area (Å²) >= 11 is 0. The van der Waals surface area contributed by atoms with Gasteiger partial charge in [-0.15, -0.1) is 0 Å². The van der Waals surface area contributed by atoms with Gasteiger partial charge in [-0.2, -0.15) is 0 Å². The van der Waals surface area contributed by atoms with Crippen LogP contribution in [0.2, 0.25) is 0 Å². The van der Waals surface area contributed by atoms with Crippen LogP contribution in [0.5, 0.6) is 5.75 Å². The molecule has 0 aromatic heterocycles. The third-order valence-corrected chi connectivity index (χ3v) is 3.93. The standard InChI is InChI=1S/C15H23NO/c1-5-16-15-11(4)10(3)14-12(15)8-7-9-13(14)17-6-2/h7-11,15-16H,5-6H2,1-4H3. The van der Waals surface area contributed by atoms with Crippen LogP contribution in [0.4, 0.5) is 0 Å². The predicted octanol–water partition coefficient (Wildman–Crippen LogP) is 3.49. The van der Waals surface area contributed by atoms with Crippen molar-refractivity contribution in [2.45, 2.75) is 39.7 Å². The number of fused-ring (bicyclic) bond motifs is 1. The van der Waals surface area contributed by atoms with E-state index >= 15 is 0 Å². The van der Waals surface area contributed by atoms with E-state index in [4.69, 9.17) is 4.74 Å². The van der Waals surface area contributed by atoms with Gasteiger partial charge in [0.05, 0.1) is 6.61 Å². The molecular formula is C15H23NO. The summed E-state index contributed by atoms with van der Waals surface area (Å²) in [5.74, 6) is 2.27. The highest BCUT2D eigenvalue weighted by Crippen LogP contribution is 2.48. The molecule has 3 atom stereocenters. The second kappa shape index (κ2) is 5.09. The number of ether oxygens (including phenoxy) is 1. The van der Waals surface area contributed by atoms with Gasteiger partial charge < -0.3 is 10.1 Å². The Bertz CT molecular complexity index is 389. The molecule has 0 spiro atoms. The lowest BCUT2D eigenvalue weighted by atomic mass is 9.94. The average molecular weight is 233 g/mol. The van der Waals surface area contributed by atoms with Crippen LogP contribution in [-0.4, -0.2) is 13.2 Å². The van der Waals surface area contributed by atoms with Crippen molar-refractivity contribution in [3.8, 4) is 5.75 Å². The molecule has 0 bridgehead atoms. The number of nitrogens with one attached hydrogen (secondary N) is 1. The van der Waals surface area contributed by atoms with E-state index in [1.165, 1.54) is 11.1 Å². The van der Waals surface area contributed by atoms with Crippen LogP contribution in [0, 0.1) is 5.92 Å². The third kappa shape index (κ3) is 2.06. The first kappa shape index (κ1) is 12.4. The van der Waals surface area contributed by atoms with Gasteiger partial charge in [-0.25, -0.2) is 0 Å². The molecule has 0 heterocycles. The lowest BCUT2D eigenvalue weighted by Gasteiger charge is -2.19. The number of rotatable bonds is 4. The van der Waals surface area contributed by atoms with E-state index in [1.54, 1.807) is 0 Å². The molecule has 1 N–H and O–H groups in total. The maximum atomic E-state index is 5.77. The molecule has 2 rings (SSSR count). The average Bonchev–Trinajstić information content (AvgIpc) is 2.56. The normalized spacial score (nSPS) is 26.9. The Morgan fingerprint density at radius 2 is 2.00 bits per heavy atom. The van der Waals surface area contributed by atoms with Gasteiger partial charge in [0.2, 0.25) is 0 Å². The second-order valence-corrected chi connectivity index (χ2v) is 4.88. The molecule has 17 heavy (non-hydrogen) atoms. The van der Waals surface area contributed by atoms with Crippen molar-refractivity contribution in [1.29, 1.82) is 0 Å². The summed E-state index contributed by atoms with van der Waals surface area (Å²) < 4.78 is 5.77. The van der Waals surface area contributed by atoms with Crippen LogP contribution in [0.15, 0.2) is 18.2 Å². The van der Waals surface area contributed by atoms with Crippen LogP contribution in [0.3, 0.4) is 0 Å². The summed E-state index contributed by atoms with van der Waals surface area (Å²) in [4.78, 5) is 0. The Morgan fingerprint density at radius 3 is 2.65 bits per heavy atom. The van der Waals surface area contributed by atoms with Crippen molar-refractivity contribution < 1.29 is 4.74 Å². The summed E-state index contributed by atoms with van der Waals surface area (Å²) in [6, 6.07) is 6.93. The number of hydrogen-bond acceptors (Lipinski definition) is 2. The molecule has 1 aliphatic carbocycles. The summed E-state index contributed by atoms with van der Waals surface area (Å²) in [5, 5.41) is 3.59. The van der Waals surface area contributed by atoms with E-state index < -0.39 is 0 Å². The zero-order chi connectivity index (χ0) is 12.4. The first-order valence-corrected chi connectivity index (χ1v) is 6.69. The number of hydrogen-bond donors (Lipinski definition) is 1. The van der Waals surface area contributed by atoms with E-state index in [0.717, 1.165) is 18.9 Å². The zero-order valence-corrected chi connectivity index (χ0v) is 11.3. The predicted molar refractivity (Wildman–Crippen MR) is 71.6 cm³/mol. The minimum Gasteiger partial charge on any atom is -0.494 e. The summed E-state index contributed by atoms with van der Waals surface area (Å²) in [7, 11) is 0. The first-order chi connectivity index (χ1) is 8.20. The Morgan fingerprint density at radius 1 is 1.24 bits per heavy atom. The van der Waals surface area contributed by atoms with Crippen LogP contribution in [-0.2, 0) is 0 Å². The fourth-order valence-electron chi connectivity index (χ4n) is 2.95. The van der Waals surface area contributed by atoms with Gasteiger partial charge in [0.15, 0.2) is 0 Å². The van der Waals surface area contributed by atoms with Crippen molar-refractivity contribution in [1.82, 2.24) is 5.32 Å². The van der Waals surface area contributed by atoms with Crippen LogP contribution in [0.25, 0.3) is 0 Å². The summed E-state index contributed by atoms with van der Waals surface area (Å²) in [5.41, 5.74) is 2.84. The summed E-state index contributed by atoms with van der Waals surface area (Å²) in [6.45, 7) is 10.6. The molecule has 0 fully saturated rings. The number of benzene rings is 1. The Balaban J connectivity index is 2.42. The Labute approximate surface area is 104 Å². The van der Waals surface area contributed by atoms with Gasteiger partial charge in [-0.3, -0.25) is 0 Å². The van der Waals surface area contributed by atoms with Crippen LogP contribution >= 0.6 is 0 Å². The minimum atomic E-state index is 0.477. The molecule has 94 valence electrons. The molecule has 1 aromatic rings. The topological polar surface area (TPSA) is 21.3 Å². The first-order valence-electron chi connectivity index (χ1n) is 6.69. The molecule has 0 saturated carbocycles. The maximum Gasteiger partial charge on any atom is 0.123 e. The van der Waals surface area contributed by atoms with Gasteiger partial charge in [0.25, 0.3) is 0 Å². The quantitative estimate of drug-likeness (QED) is 0.859. The lowest BCUT2D eigenvalue weighted by Crippen LogP contribution is -2.24. The second-order valence-electron chi connectivity index (χ2n) is 4.88. The zero-order valence-electron chi connectivity index (χ0n) is 11.3. The third-order valence-electron chi connectivity index (χ3n) is 3.93. The van der Waals surface area contributed by atoms with Crippen LogP contribution < -0.4 is 10.1 Å². The molecule has 2 nitrogen and oxygen atoms in total. The fourth-order valence-corrected chi connectivity index (χ4v) is 2.95. The van der Waals surface area contributed by atoms with E-state index in [9.17, 15) is 0 Å². The van der Waals surface area contributed by atoms with Crippen molar-refractivity contribution in [3.05, 3.63) is 29.3 Å². The van der Waals surface area contributed by atoms with Gasteiger partial charge in [0, 0.05) is 11.6 Å². The molecule has 2 heteroatoms.